The molecule has 0 fully saturated rings. The van der Waals surface area contributed by atoms with E-state index < -0.39 is 65.0 Å². The van der Waals surface area contributed by atoms with Crippen molar-refractivity contribution >= 4 is 137 Å². The van der Waals surface area contributed by atoms with Crippen molar-refractivity contribution in [1.82, 2.24) is 15.0 Å². The van der Waals surface area contributed by atoms with Gasteiger partial charge < -0.3 is 31.5 Å². The summed E-state index contributed by atoms with van der Waals surface area (Å²) in [6, 6.07) is 10.3. The van der Waals surface area contributed by atoms with E-state index in [4.69, 9.17) is 42.2 Å². The van der Waals surface area contributed by atoms with E-state index >= 15 is 0 Å². The van der Waals surface area contributed by atoms with Gasteiger partial charge in [0.1, 0.15) is 33.4 Å². The van der Waals surface area contributed by atoms with Crippen LogP contribution in [0, 0.1) is 11.4 Å². The third kappa shape index (κ3) is 14.8. The summed E-state index contributed by atoms with van der Waals surface area (Å²) < 4.78 is 83.8. The molecule has 0 spiro atoms. The maximum atomic E-state index is 12.8. The molecule has 346 valence electrons. The molecule has 4 aromatic carbocycles. The number of carboxylic acids is 1. The van der Waals surface area contributed by atoms with Crippen LogP contribution in [0.5, 0.6) is 11.5 Å². The van der Waals surface area contributed by atoms with Crippen LogP contribution < -0.4 is 15.8 Å². The van der Waals surface area contributed by atoms with Crippen LogP contribution in [0.4, 0.5) is 40.1 Å². The van der Waals surface area contributed by atoms with Gasteiger partial charge in [-0.05, 0) is 76.2 Å². The van der Waals surface area contributed by atoms with Gasteiger partial charge in [-0.1, -0.05) is 21.8 Å². The van der Waals surface area contributed by atoms with Crippen LogP contribution in [0.25, 0.3) is 10.8 Å². The number of nitrogen functional groups attached to an aromatic ring is 1. The van der Waals surface area contributed by atoms with Gasteiger partial charge in [0, 0.05) is 21.2 Å². The van der Waals surface area contributed by atoms with Crippen LogP contribution in [-0.2, 0) is 53.3 Å². The Labute approximate surface area is 384 Å². The number of aromatic nitrogens is 3. The van der Waals surface area contributed by atoms with Gasteiger partial charge in [-0.25, -0.2) is 10.5 Å². The molecule has 0 bridgehead atoms. The number of hydrogen-bond acceptors (Lipinski definition) is 28. The molecule has 0 unspecified atom stereocenters. The van der Waals surface area contributed by atoms with E-state index in [0.29, 0.717) is 16.9 Å². The van der Waals surface area contributed by atoms with Gasteiger partial charge >= 0.3 is 16.4 Å². The van der Waals surface area contributed by atoms with Gasteiger partial charge in [0.15, 0.2) is 17.0 Å². The van der Waals surface area contributed by atoms with Crippen molar-refractivity contribution in [3.05, 3.63) is 53.8 Å². The molecule has 65 heavy (non-hydrogen) atoms. The van der Waals surface area contributed by atoms with Crippen molar-refractivity contribution in [3.63, 3.8) is 0 Å². The minimum atomic E-state index is -5.17. The number of phenols is 1. The molecule has 0 radical (unpaired) electrons. The average molecular weight is 1040 g/mol. The van der Waals surface area contributed by atoms with Crippen LogP contribution in [0.15, 0.2) is 93.7 Å². The Hall–Kier alpha value is -5.43. The normalized spacial score (nSPS) is 11.7. The molecule has 0 saturated heterocycles. The first-order chi connectivity index (χ1) is 30.4. The first-order valence-electron chi connectivity index (χ1n) is 16.0. The summed E-state index contributed by atoms with van der Waals surface area (Å²) in [4.78, 5) is 26.4. The summed E-state index contributed by atoms with van der Waals surface area (Å²) in [5.74, 6) is -2.38. The first-order valence-corrected chi connectivity index (χ1v) is 22.4. The number of carboxylic acid groups (broad SMARTS) is 1. The number of anilines is 3. The fraction of sp³-hybridized carbons (Fsp3) is 0.0667. The number of hydrogen-bond donors (Lipinski definition) is 8. The summed E-state index contributed by atoms with van der Waals surface area (Å²) in [5.41, 5.74) is 5.23. The number of nitrogens with one attached hydrogen (secondary N) is 1. The smallest absolute Gasteiger partial charge is 0.433 e. The van der Waals surface area contributed by atoms with Gasteiger partial charge in [0.05, 0.1) is 57.8 Å². The molecule has 0 aliphatic heterocycles. The number of carbonyl (C=O) groups is 1. The average Bonchev–Trinajstić information content (AvgIpc) is 3.22. The first kappa shape index (κ1) is 52.2. The van der Waals surface area contributed by atoms with Gasteiger partial charge in [-0.3, -0.25) is 18.8 Å². The molecular weight excluding hydrogens is 1020 g/mol. The highest BCUT2D eigenvalue weighted by Gasteiger charge is 2.26. The van der Waals surface area contributed by atoms with Crippen LogP contribution in [0.3, 0.4) is 0 Å². The molecule has 1 heterocycles. The maximum absolute atomic E-state index is 12.8. The lowest BCUT2D eigenvalue weighted by molar-refractivity contribution is -0.432. The molecule has 0 atom stereocenters. The van der Waals surface area contributed by atoms with E-state index in [2.05, 4.69) is 73.9 Å². The lowest BCUT2D eigenvalue weighted by atomic mass is 10.0. The van der Waals surface area contributed by atoms with Crippen LogP contribution in [0.1, 0.15) is 0 Å². The van der Waals surface area contributed by atoms with Gasteiger partial charge in [0.25, 0.3) is 10.1 Å². The maximum Gasteiger partial charge on any atom is 0.433 e. The van der Waals surface area contributed by atoms with Crippen molar-refractivity contribution in [2.45, 2.75) is 24.7 Å². The molecule has 1 aromatic heterocycles. The molecule has 5 rings (SSSR count). The number of azo groups is 2. The van der Waals surface area contributed by atoms with Gasteiger partial charge in [0.2, 0.25) is 11.2 Å². The number of thioether (sulfide) groups is 2. The zero-order valence-corrected chi connectivity index (χ0v) is 37.1. The number of ether oxygens (including phenoxy) is 1. The van der Waals surface area contributed by atoms with Gasteiger partial charge in [-0.15, -0.1) is 29.1 Å². The number of benzene rings is 4. The summed E-state index contributed by atoms with van der Waals surface area (Å²) >= 11 is 8.20. The van der Waals surface area contributed by atoms with Gasteiger partial charge in [-0.2, -0.15) is 31.8 Å². The van der Waals surface area contributed by atoms with Crippen LogP contribution in [-0.4, -0.2) is 85.9 Å². The highest BCUT2D eigenvalue weighted by atomic mass is 35.5. The summed E-state index contributed by atoms with van der Waals surface area (Å²) in [6.45, 7) is 0. The summed E-state index contributed by atoms with van der Waals surface area (Å²) in [5, 5.41) is 66.1. The minimum Gasteiger partial charge on any atom is -0.505 e. The van der Waals surface area contributed by atoms with Crippen LogP contribution in [0.2, 0.25) is 5.28 Å². The Morgan fingerprint density at radius 1 is 0.908 bits per heavy atom. The number of fused-ring (bicyclic) bond motifs is 1. The highest BCUT2D eigenvalue weighted by molar-refractivity contribution is 8.04. The quantitative estimate of drug-likeness (QED) is 0.00582. The minimum absolute atomic E-state index is 0. The number of rotatable bonds is 20. The SMILES string of the molecule is COc1ccc(SC#COOS(=O)(=O)O)cc1N=Nc1c(SOOO)cc2c(S(=O)(=O)O)cc(N=Nc3cc(Nc4nc(Cl)nc(SCC(=O)O)n4)ccc3SOOO)c(N)c2c1O.O. The van der Waals surface area contributed by atoms with E-state index in [0.717, 1.165) is 35.7 Å². The van der Waals surface area contributed by atoms with E-state index in [-0.39, 0.29) is 72.3 Å². The second-order valence-electron chi connectivity index (χ2n) is 11.0. The highest BCUT2D eigenvalue weighted by Crippen LogP contribution is 2.50. The Morgan fingerprint density at radius 2 is 1.60 bits per heavy atom. The van der Waals surface area contributed by atoms with E-state index in [1.54, 1.807) is 0 Å². The Bertz CT molecular complexity index is 2930. The summed E-state index contributed by atoms with van der Waals surface area (Å²) in [7, 11) is -8.80. The number of aliphatic carboxylic acids is 1. The second-order valence-corrected chi connectivity index (χ2v) is 17.1. The molecule has 0 aliphatic rings. The molecule has 0 aliphatic carbocycles. The third-order valence-electron chi connectivity index (χ3n) is 7.08. The summed E-state index contributed by atoms with van der Waals surface area (Å²) in [6.07, 6.45) is 1.87. The molecule has 35 heteroatoms. The number of methoxy groups -OCH3 is 1. The molecular formula is C30H24ClN9O19S6. The Kier molecular flexibility index (Phi) is 19.0. The fourth-order valence-corrected chi connectivity index (χ4v) is 7.68. The monoisotopic (exact) mass is 1040 g/mol. The zero-order valence-electron chi connectivity index (χ0n) is 31.4. The zero-order chi connectivity index (χ0) is 46.6. The molecule has 5 aromatic rings. The number of aromatic hydroxyl groups is 1. The predicted octanol–water partition coefficient (Wildman–Crippen LogP) is 6.77. The van der Waals surface area contributed by atoms with Crippen molar-refractivity contribution in [1.29, 1.82) is 0 Å². The van der Waals surface area contributed by atoms with Crippen LogP contribution >= 0.6 is 59.2 Å². The number of nitrogens with two attached hydrogens (primary N) is 1. The standard InChI is InChI=1S/C30H22ClN9O18S6.H2O/c1-52-19-4-3-14(59-7-6-53-58-64(49,50)51)9-16(19)37-40-26-21(62-57-55-45)10-15-22(63(46,47)48)11-18(25(32)24(15)27(26)43)39-38-17-8-13(2-5-20(17)61-56-54-44)33-29-34-28(31)35-30(36-29)60-12-23(41)42;/h2-5,8-11,43-45H,12,32H2,1H3,(H,41,42)(H,46,47,48)(H,49,50,51)(H,33,34,35,36);1H2. The third-order valence-corrected chi connectivity index (χ3v) is 11.2. The molecule has 11 N–H and O–H groups in total. The number of nitrogens with zero attached hydrogens (tertiary/aromatic N) is 7. The second kappa shape index (κ2) is 23.7. The lowest BCUT2D eigenvalue weighted by Crippen LogP contribution is -2.03. The topological polar surface area (TPSA) is 429 Å². The largest absolute Gasteiger partial charge is 0.505 e. The van der Waals surface area contributed by atoms with Crippen molar-refractivity contribution in [3.8, 4) is 22.9 Å². The number of phenolic OH excluding ortho intramolecular Hbond substituents is 1. The van der Waals surface area contributed by atoms with E-state index in [1.165, 1.54) is 43.5 Å². The lowest BCUT2D eigenvalue weighted by Gasteiger charge is -2.14. The molecule has 0 amide bonds. The fourth-order valence-electron chi connectivity index (χ4n) is 4.70. The van der Waals surface area contributed by atoms with Crippen molar-refractivity contribution < 1.29 is 89.6 Å². The number of halogens is 1. The van der Waals surface area contributed by atoms with Crippen molar-refractivity contribution in [2.24, 2.45) is 20.5 Å². The molecule has 28 nitrogen and oxygen atoms in total. The van der Waals surface area contributed by atoms with E-state index in [9.17, 15) is 31.3 Å². The molecule has 0 saturated carbocycles. The van der Waals surface area contributed by atoms with E-state index in [1.807, 2.05) is 6.11 Å². The Morgan fingerprint density at radius 3 is 2.26 bits per heavy atom. The van der Waals surface area contributed by atoms with Crippen molar-refractivity contribution in [2.75, 3.05) is 23.9 Å². The Balaban J connectivity index is 0.00000925. The predicted molar refractivity (Wildman–Crippen MR) is 226 cm³/mol.